The smallest absolute Gasteiger partial charge is 0.252 e. The number of hydrogen-bond acceptors (Lipinski definition) is 4. The summed E-state index contributed by atoms with van der Waals surface area (Å²) in [6.07, 6.45) is 5.09. The lowest BCUT2D eigenvalue weighted by molar-refractivity contribution is 0.0741. The molecule has 1 N–H and O–H groups in total. The van der Waals surface area contributed by atoms with Gasteiger partial charge in [0.2, 0.25) is 0 Å². The summed E-state index contributed by atoms with van der Waals surface area (Å²) < 4.78 is 6.29. The molecule has 1 fully saturated rings. The summed E-state index contributed by atoms with van der Waals surface area (Å²) in [4.78, 5) is 17.7. The van der Waals surface area contributed by atoms with Crippen LogP contribution >= 0.6 is 27.7 Å². The van der Waals surface area contributed by atoms with Crippen LogP contribution in [0.4, 0.5) is 0 Å². The van der Waals surface area contributed by atoms with E-state index >= 15 is 0 Å². The number of aromatic nitrogens is 1. The molecular weight excluding hydrogens is 388 g/mol. The van der Waals surface area contributed by atoms with Gasteiger partial charge in [-0.1, -0.05) is 18.2 Å². The summed E-state index contributed by atoms with van der Waals surface area (Å²) >= 11 is 5.18. The molecule has 126 valence electrons. The minimum Gasteiger partial charge on any atom is -0.381 e. The molecule has 6 heteroatoms. The lowest BCUT2D eigenvalue weighted by atomic mass is 9.99. The second-order valence-corrected chi connectivity index (χ2v) is 8.24. The molecule has 2 heterocycles. The number of carbonyl (C=O) groups excluding carboxylic acids is 1. The maximum atomic E-state index is 12.4. The van der Waals surface area contributed by atoms with Crippen LogP contribution in [0.2, 0.25) is 0 Å². The van der Waals surface area contributed by atoms with Crippen molar-refractivity contribution in [3.8, 4) is 0 Å². The maximum absolute atomic E-state index is 12.4. The van der Waals surface area contributed by atoms with Gasteiger partial charge >= 0.3 is 0 Å². The van der Waals surface area contributed by atoms with Gasteiger partial charge in [-0.25, -0.2) is 0 Å². The molecule has 0 saturated carbocycles. The molecule has 0 spiro atoms. The van der Waals surface area contributed by atoms with E-state index in [1.54, 1.807) is 18.5 Å². The average Bonchev–Trinajstić information content (AvgIpc) is 2.61. The molecule has 0 radical (unpaired) electrons. The van der Waals surface area contributed by atoms with E-state index in [0.717, 1.165) is 30.5 Å². The van der Waals surface area contributed by atoms with Crippen molar-refractivity contribution in [2.45, 2.75) is 22.5 Å². The molecule has 0 atom stereocenters. The molecule has 3 rings (SSSR count). The van der Waals surface area contributed by atoms with Crippen LogP contribution in [0.3, 0.4) is 0 Å². The maximum Gasteiger partial charge on any atom is 0.252 e. The molecule has 1 aromatic heterocycles. The van der Waals surface area contributed by atoms with Crippen LogP contribution in [0.5, 0.6) is 0 Å². The van der Waals surface area contributed by atoms with E-state index in [1.807, 2.05) is 30.0 Å². The van der Waals surface area contributed by atoms with E-state index in [0.29, 0.717) is 12.1 Å². The Morgan fingerprint density at radius 2 is 2.00 bits per heavy atom. The molecule has 0 aliphatic carbocycles. The Balaban J connectivity index is 1.69. The third-order valence-electron chi connectivity index (χ3n) is 4.02. The van der Waals surface area contributed by atoms with Gasteiger partial charge in [-0.2, -0.15) is 0 Å². The van der Waals surface area contributed by atoms with Gasteiger partial charge in [0.05, 0.1) is 5.56 Å². The SMILES string of the molecule is O=C(NCC1(Sc2ccccc2)CCOCC1)c1cncc(Br)c1. The monoisotopic (exact) mass is 406 g/mol. The van der Waals surface area contributed by atoms with E-state index in [1.165, 1.54) is 4.90 Å². The van der Waals surface area contributed by atoms with Crippen LogP contribution in [0.25, 0.3) is 0 Å². The fraction of sp³-hybridized carbons (Fsp3) is 0.333. The molecule has 1 saturated heterocycles. The van der Waals surface area contributed by atoms with Crippen LogP contribution in [0.15, 0.2) is 58.2 Å². The van der Waals surface area contributed by atoms with Crippen LogP contribution in [0.1, 0.15) is 23.2 Å². The Labute approximate surface area is 154 Å². The van der Waals surface area contributed by atoms with Crippen molar-refractivity contribution in [1.82, 2.24) is 10.3 Å². The van der Waals surface area contributed by atoms with E-state index in [-0.39, 0.29) is 10.7 Å². The number of rotatable bonds is 5. The summed E-state index contributed by atoms with van der Waals surface area (Å²) in [6.45, 7) is 2.07. The number of benzene rings is 1. The fourth-order valence-corrected chi connectivity index (χ4v) is 4.35. The van der Waals surface area contributed by atoms with E-state index < -0.39 is 0 Å². The number of carbonyl (C=O) groups is 1. The van der Waals surface area contributed by atoms with Gasteiger partial charge in [0.25, 0.3) is 5.91 Å². The number of halogens is 1. The van der Waals surface area contributed by atoms with Crippen molar-refractivity contribution in [1.29, 1.82) is 0 Å². The third-order valence-corrected chi connectivity index (χ3v) is 5.95. The van der Waals surface area contributed by atoms with Crippen LogP contribution in [0, 0.1) is 0 Å². The van der Waals surface area contributed by atoms with E-state index in [4.69, 9.17) is 4.74 Å². The van der Waals surface area contributed by atoms with Crippen molar-refractivity contribution >= 4 is 33.6 Å². The zero-order valence-electron chi connectivity index (χ0n) is 13.2. The summed E-state index contributed by atoms with van der Waals surface area (Å²) in [5, 5.41) is 3.08. The summed E-state index contributed by atoms with van der Waals surface area (Å²) in [5.41, 5.74) is 0.566. The van der Waals surface area contributed by atoms with Gasteiger partial charge in [-0.15, -0.1) is 11.8 Å². The predicted molar refractivity (Wildman–Crippen MR) is 99.4 cm³/mol. The van der Waals surface area contributed by atoms with Crippen molar-refractivity contribution in [3.63, 3.8) is 0 Å². The van der Waals surface area contributed by atoms with E-state index in [2.05, 4.69) is 38.4 Å². The quantitative estimate of drug-likeness (QED) is 0.817. The first-order valence-electron chi connectivity index (χ1n) is 7.87. The van der Waals surface area contributed by atoms with E-state index in [9.17, 15) is 4.79 Å². The number of ether oxygens (including phenoxy) is 1. The largest absolute Gasteiger partial charge is 0.381 e. The summed E-state index contributed by atoms with van der Waals surface area (Å²) in [5.74, 6) is -0.0941. The fourth-order valence-electron chi connectivity index (χ4n) is 2.68. The predicted octanol–water partition coefficient (Wildman–Crippen LogP) is 3.92. The number of nitrogens with zero attached hydrogens (tertiary/aromatic N) is 1. The van der Waals surface area contributed by atoms with Crippen molar-refractivity contribution in [2.75, 3.05) is 19.8 Å². The molecule has 4 nitrogen and oxygen atoms in total. The second-order valence-electron chi connectivity index (χ2n) is 5.79. The number of nitrogens with one attached hydrogen (secondary N) is 1. The molecule has 2 aromatic rings. The number of amides is 1. The Morgan fingerprint density at radius 3 is 2.71 bits per heavy atom. The average molecular weight is 407 g/mol. The molecule has 0 unspecified atom stereocenters. The minimum atomic E-state index is -0.0941. The zero-order valence-corrected chi connectivity index (χ0v) is 15.6. The topological polar surface area (TPSA) is 51.2 Å². The van der Waals surface area contributed by atoms with Gasteiger partial charge in [-0.3, -0.25) is 9.78 Å². The van der Waals surface area contributed by atoms with Gasteiger partial charge in [0.1, 0.15) is 0 Å². The standard InChI is InChI=1S/C18H19BrN2O2S/c19-15-10-14(11-20-12-15)17(22)21-13-18(6-8-23-9-7-18)24-16-4-2-1-3-5-16/h1-5,10-12H,6-9,13H2,(H,21,22). The highest BCUT2D eigenvalue weighted by molar-refractivity contribution is 9.10. The molecular formula is C18H19BrN2O2S. The first-order chi connectivity index (χ1) is 11.7. The highest BCUT2D eigenvalue weighted by Gasteiger charge is 2.34. The van der Waals surface area contributed by atoms with Crippen molar-refractivity contribution in [2.24, 2.45) is 0 Å². The van der Waals surface area contributed by atoms with Gasteiger partial charge < -0.3 is 10.1 Å². The molecule has 24 heavy (non-hydrogen) atoms. The summed E-state index contributed by atoms with van der Waals surface area (Å²) in [6, 6.07) is 12.1. The highest BCUT2D eigenvalue weighted by atomic mass is 79.9. The summed E-state index contributed by atoms with van der Waals surface area (Å²) in [7, 11) is 0. The molecule has 1 aromatic carbocycles. The van der Waals surface area contributed by atoms with Gasteiger partial charge in [-0.05, 0) is 47.0 Å². The molecule has 1 aliphatic heterocycles. The van der Waals surface area contributed by atoms with Gasteiger partial charge in [0, 0.05) is 46.3 Å². The van der Waals surface area contributed by atoms with Crippen LogP contribution in [-0.2, 0) is 4.74 Å². The number of hydrogen-bond donors (Lipinski definition) is 1. The second kappa shape index (κ2) is 8.14. The van der Waals surface area contributed by atoms with Crippen molar-refractivity contribution < 1.29 is 9.53 Å². The normalized spacial score (nSPS) is 16.5. The van der Waals surface area contributed by atoms with Crippen LogP contribution < -0.4 is 5.32 Å². The Kier molecular flexibility index (Phi) is 5.92. The number of pyridine rings is 1. The first-order valence-corrected chi connectivity index (χ1v) is 9.48. The molecule has 1 amide bonds. The Hall–Kier alpha value is -1.37. The molecule has 0 bridgehead atoms. The lowest BCUT2D eigenvalue weighted by Crippen LogP contribution is -2.44. The van der Waals surface area contributed by atoms with Gasteiger partial charge in [0.15, 0.2) is 0 Å². The Morgan fingerprint density at radius 1 is 1.25 bits per heavy atom. The third kappa shape index (κ3) is 4.59. The van der Waals surface area contributed by atoms with Crippen LogP contribution in [-0.4, -0.2) is 35.4 Å². The Bertz CT molecular complexity index is 690. The van der Waals surface area contributed by atoms with Crippen molar-refractivity contribution in [3.05, 3.63) is 58.8 Å². The first kappa shape index (κ1) is 17.5. The zero-order chi connectivity index (χ0) is 16.8. The highest BCUT2D eigenvalue weighted by Crippen LogP contribution is 2.40. The number of thioether (sulfide) groups is 1. The lowest BCUT2D eigenvalue weighted by Gasteiger charge is -2.36. The molecule has 1 aliphatic rings. The minimum absolute atomic E-state index is 0.0330.